The van der Waals surface area contributed by atoms with Crippen LogP contribution in [0.2, 0.25) is 0 Å². The molecule has 1 saturated heterocycles. The van der Waals surface area contributed by atoms with E-state index in [0.717, 1.165) is 18.0 Å². The molecule has 5 rings (SSSR count). The Morgan fingerprint density at radius 1 is 0.933 bits per heavy atom. The highest BCUT2D eigenvalue weighted by molar-refractivity contribution is 5.37. The van der Waals surface area contributed by atoms with Crippen LogP contribution in [-0.4, -0.2) is 34.3 Å². The van der Waals surface area contributed by atoms with Crippen molar-refractivity contribution in [2.75, 3.05) is 19.6 Å². The summed E-state index contributed by atoms with van der Waals surface area (Å²) in [6.45, 7) is 3.58. The second kappa shape index (κ2) is 8.73. The van der Waals surface area contributed by atoms with Crippen molar-refractivity contribution in [3.63, 3.8) is 0 Å². The molecule has 0 bridgehead atoms. The largest absolute Gasteiger partial charge is 0.303 e. The van der Waals surface area contributed by atoms with Crippen LogP contribution in [0.3, 0.4) is 0 Å². The highest BCUT2D eigenvalue weighted by Crippen LogP contribution is 2.36. The molecule has 1 aliphatic carbocycles. The van der Waals surface area contributed by atoms with Crippen molar-refractivity contribution in [3.8, 4) is 5.69 Å². The first-order valence-corrected chi connectivity index (χ1v) is 11.4. The zero-order valence-corrected chi connectivity index (χ0v) is 17.5. The number of hydrogen-bond donors (Lipinski definition) is 0. The van der Waals surface area contributed by atoms with Gasteiger partial charge in [-0.15, -0.1) is 0 Å². The average Bonchev–Trinajstić information content (AvgIpc) is 3.24. The predicted molar refractivity (Wildman–Crippen MR) is 119 cm³/mol. The number of hydrogen-bond acceptors (Lipinski definition) is 2. The molecule has 2 aliphatic rings. The van der Waals surface area contributed by atoms with E-state index in [2.05, 4.69) is 46.5 Å². The SMILES string of the molecule is Fc1ccc(-n2ncc3c2CCCC3CCN2CCC(c3ccccc3)CC2)cc1. The molecular formula is C26H30FN3. The van der Waals surface area contributed by atoms with Crippen molar-refractivity contribution in [2.45, 2.75) is 50.4 Å². The molecule has 1 fully saturated rings. The van der Waals surface area contributed by atoms with Crippen molar-refractivity contribution >= 4 is 0 Å². The monoisotopic (exact) mass is 403 g/mol. The summed E-state index contributed by atoms with van der Waals surface area (Å²) in [6, 6.07) is 17.7. The third-order valence-electron chi connectivity index (χ3n) is 7.03. The van der Waals surface area contributed by atoms with Gasteiger partial charge in [-0.3, -0.25) is 0 Å². The van der Waals surface area contributed by atoms with Gasteiger partial charge in [0.25, 0.3) is 0 Å². The number of halogens is 1. The lowest BCUT2D eigenvalue weighted by Crippen LogP contribution is -2.34. The standard InChI is InChI=1S/C26H30FN3/c27-23-9-11-24(12-10-23)30-26-8-4-7-22(25(26)19-28-30)15-18-29-16-13-21(14-17-29)20-5-2-1-3-6-20/h1-3,5-6,9-12,19,21-22H,4,7-8,13-18H2. The molecule has 0 radical (unpaired) electrons. The lowest BCUT2D eigenvalue weighted by molar-refractivity contribution is 0.203. The molecule has 0 spiro atoms. The van der Waals surface area contributed by atoms with E-state index in [0.29, 0.717) is 5.92 Å². The molecule has 0 amide bonds. The Balaban J connectivity index is 1.20. The minimum Gasteiger partial charge on any atom is -0.303 e. The Morgan fingerprint density at radius 2 is 1.70 bits per heavy atom. The summed E-state index contributed by atoms with van der Waals surface area (Å²) in [7, 11) is 0. The number of rotatable bonds is 5. The molecule has 4 heteroatoms. The molecule has 1 aliphatic heterocycles. The zero-order chi connectivity index (χ0) is 20.3. The van der Waals surface area contributed by atoms with Gasteiger partial charge in [-0.1, -0.05) is 30.3 Å². The summed E-state index contributed by atoms with van der Waals surface area (Å²) < 4.78 is 15.3. The number of piperidine rings is 1. The minimum atomic E-state index is -0.200. The Labute approximate surface area is 178 Å². The second-order valence-corrected chi connectivity index (χ2v) is 8.84. The Bertz CT molecular complexity index is 956. The number of likely N-dealkylation sites (tertiary alicyclic amines) is 1. The molecule has 2 heterocycles. The first-order valence-electron chi connectivity index (χ1n) is 11.4. The Hall–Kier alpha value is -2.46. The van der Waals surface area contributed by atoms with E-state index in [1.807, 2.05) is 16.8 Å². The quantitative estimate of drug-likeness (QED) is 0.545. The summed E-state index contributed by atoms with van der Waals surface area (Å²) in [5, 5.41) is 4.67. The molecule has 0 saturated carbocycles. The number of fused-ring (bicyclic) bond motifs is 1. The van der Waals surface area contributed by atoms with E-state index >= 15 is 0 Å². The fourth-order valence-corrected chi connectivity index (χ4v) is 5.31. The van der Waals surface area contributed by atoms with Gasteiger partial charge in [0.1, 0.15) is 5.82 Å². The van der Waals surface area contributed by atoms with Crippen molar-refractivity contribution in [2.24, 2.45) is 0 Å². The topological polar surface area (TPSA) is 21.1 Å². The third kappa shape index (κ3) is 4.06. The van der Waals surface area contributed by atoms with Crippen LogP contribution >= 0.6 is 0 Å². The number of benzene rings is 2. The lowest BCUT2D eigenvalue weighted by Gasteiger charge is -2.33. The number of aromatic nitrogens is 2. The van der Waals surface area contributed by atoms with Crippen molar-refractivity contribution in [1.82, 2.24) is 14.7 Å². The van der Waals surface area contributed by atoms with E-state index in [1.165, 1.54) is 80.7 Å². The van der Waals surface area contributed by atoms with E-state index < -0.39 is 0 Å². The van der Waals surface area contributed by atoms with Gasteiger partial charge in [0.15, 0.2) is 0 Å². The zero-order valence-electron chi connectivity index (χ0n) is 17.5. The van der Waals surface area contributed by atoms with Crippen LogP contribution in [0, 0.1) is 5.82 Å². The second-order valence-electron chi connectivity index (χ2n) is 8.84. The average molecular weight is 404 g/mol. The predicted octanol–water partition coefficient (Wildman–Crippen LogP) is 5.70. The van der Waals surface area contributed by atoms with Crippen LogP contribution in [-0.2, 0) is 6.42 Å². The maximum Gasteiger partial charge on any atom is 0.123 e. The molecule has 156 valence electrons. The molecular weight excluding hydrogens is 373 g/mol. The van der Waals surface area contributed by atoms with Gasteiger partial charge < -0.3 is 4.90 Å². The van der Waals surface area contributed by atoms with Crippen molar-refractivity contribution in [3.05, 3.63) is 83.4 Å². The van der Waals surface area contributed by atoms with Gasteiger partial charge in [0.05, 0.1) is 11.9 Å². The van der Waals surface area contributed by atoms with Crippen LogP contribution in [0.25, 0.3) is 5.69 Å². The fraction of sp³-hybridized carbons (Fsp3) is 0.423. The van der Waals surface area contributed by atoms with Crippen LogP contribution < -0.4 is 0 Å². The van der Waals surface area contributed by atoms with Crippen molar-refractivity contribution in [1.29, 1.82) is 0 Å². The molecule has 1 aromatic heterocycles. The number of nitrogens with zero attached hydrogens (tertiary/aromatic N) is 3. The van der Waals surface area contributed by atoms with Gasteiger partial charge >= 0.3 is 0 Å². The molecule has 2 aromatic carbocycles. The maximum absolute atomic E-state index is 13.3. The molecule has 30 heavy (non-hydrogen) atoms. The van der Waals surface area contributed by atoms with Crippen LogP contribution in [0.1, 0.15) is 60.8 Å². The smallest absolute Gasteiger partial charge is 0.123 e. The molecule has 3 nitrogen and oxygen atoms in total. The van der Waals surface area contributed by atoms with E-state index in [1.54, 1.807) is 0 Å². The van der Waals surface area contributed by atoms with Crippen LogP contribution in [0.4, 0.5) is 4.39 Å². The van der Waals surface area contributed by atoms with Gasteiger partial charge in [-0.25, -0.2) is 9.07 Å². The summed E-state index contributed by atoms with van der Waals surface area (Å²) in [5.41, 5.74) is 5.19. The Morgan fingerprint density at radius 3 is 2.47 bits per heavy atom. The van der Waals surface area contributed by atoms with Crippen LogP contribution in [0.15, 0.2) is 60.8 Å². The first-order chi connectivity index (χ1) is 14.8. The van der Waals surface area contributed by atoms with Gasteiger partial charge in [0, 0.05) is 5.69 Å². The lowest BCUT2D eigenvalue weighted by atomic mass is 9.84. The molecule has 1 unspecified atom stereocenters. The van der Waals surface area contributed by atoms with E-state index in [4.69, 9.17) is 0 Å². The van der Waals surface area contributed by atoms with Gasteiger partial charge in [0.2, 0.25) is 0 Å². The van der Waals surface area contributed by atoms with Crippen LogP contribution in [0.5, 0.6) is 0 Å². The van der Waals surface area contributed by atoms with Crippen molar-refractivity contribution < 1.29 is 4.39 Å². The highest BCUT2D eigenvalue weighted by Gasteiger charge is 2.26. The Kier molecular flexibility index (Phi) is 5.67. The maximum atomic E-state index is 13.3. The molecule has 1 atom stereocenters. The normalized spacial score (nSPS) is 20.2. The molecule has 3 aromatic rings. The van der Waals surface area contributed by atoms with Gasteiger partial charge in [-0.2, -0.15) is 5.10 Å². The summed E-state index contributed by atoms with van der Waals surface area (Å²) in [4.78, 5) is 2.65. The summed E-state index contributed by atoms with van der Waals surface area (Å²) >= 11 is 0. The van der Waals surface area contributed by atoms with Gasteiger partial charge in [-0.05, 0) is 105 Å². The molecule has 0 N–H and O–H groups in total. The van der Waals surface area contributed by atoms with E-state index in [-0.39, 0.29) is 5.82 Å². The summed E-state index contributed by atoms with van der Waals surface area (Å²) in [6.07, 6.45) is 9.32. The first kappa shape index (κ1) is 19.5. The fourth-order valence-electron chi connectivity index (χ4n) is 5.31. The highest BCUT2D eigenvalue weighted by atomic mass is 19.1. The third-order valence-corrected chi connectivity index (χ3v) is 7.03. The summed E-state index contributed by atoms with van der Waals surface area (Å²) in [5.74, 6) is 1.11. The minimum absolute atomic E-state index is 0.200. The van der Waals surface area contributed by atoms with E-state index in [9.17, 15) is 4.39 Å².